The molecule has 1 saturated heterocycles. The molecule has 3 heterocycles. The van der Waals surface area contributed by atoms with E-state index in [2.05, 4.69) is 27.1 Å². The topological polar surface area (TPSA) is 98.7 Å². The zero-order valence-electron chi connectivity index (χ0n) is 20.7. The van der Waals surface area contributed by atoms with Crippen LogP contribution in [0.15, 0.2) is 53.6 Å². The van der Waals surface area contributed by atoms with Crippen LogP contribution in [-0.2, 0) is 16.3 Å². The second-order valence-corrected chi connectivity index (χ2v) is 11.5. The van der Waals surface area contributed by atoms with E-state index >= 15 is 0 Å². The molecule has 0 spiro atoms. The minimum Gasteiger partial charge on any atom is -0.336 e. The van der Waals surface area contributed by atoms with E-state index < -0.39 is 9.84 Å². The number of nitrogens with zero attached hydrogens (tertiary/aromatic N) is 5. The fourth-order valence-corrected chi connectivity index (χ4v) is 5.25. The Kier molecular flexibility index (Phi) is 6.40. The van der Waals surface area contributed by atoms with E-state index in [1.807, 2.05) is 36.2 Å². The molecule has 2 aliphatic heterocycles. The number of carbonyl (C=O) groups excluding carboxylic acids is 1. The van der Waals surface area contributed by atoms with Crippen molar-refractivity contribution in [2.75, 3.05) is 56.2 Å². The highest BCUT2D eigenvalue weighted by molar-refractivity contribution is 7.90. The maximum atomic E-state index is 13.0. The molecule has 0 unspecified atom stereocenters. The summed E-state index contributed by atoms with van der Waals surface area (Å²) in [7, 11) is -1.17. The Morgan fingerprint density at radius 1 is 1.00 bits per heavy atom. The number of carbonyl (C=O) groups is 1. The van der Waals surface area contributed by atoms with E-state index in [0.717, 1.165) is 67.5 Å². The number of aryl methyl sites for hydroxylation is 1. The number of rotatable bonds is 5. The van der Waals surface area contributed by atoms with Crippen LogP contribution in [0.5, 0.6) is 0 Å². The van der Waals surface area contributed by atoms with Gasteiger partial charge in [0.25, 0.3) is 5.91 Å². The number of fused-ring (bicyclic) bond motifs is 1. The quantitative estimate of drug-likeness (QED) is 0.564. The fraction of sp³-hybridized carbons (Fsp3) is 0.346. The summed E-state index contributed by atoms with van der Waals surface area (Å²) in [6.07, 6.45) is 3.84. The number of piperazine rings is 1. The van der Waals surface area contributed by atoms with Crippen LogP contribution in [0.1, 0.15) is 21.5 Å². The number of amides is 1. The Morgan fingerprint density at radius 3 is 2.39 bits per heavy atom. The molecule has 0 atom stereocenters. The van der Waals surface area contributed by atoms with Gasteiger partial charge >= 0.3 is 0 Å². The van der Waals surface area contributed by atoms with Crippen molar-refractivity contribution in [1.29, 1.82) is 0 Å². The maximum absolute atomic E-state index is 13.0. The first-order valence-electron chi connectivity index (χ1n) is 12.0. The molecule has 2 aromatic carbocycles. The predicted octanol–water partition coefficient (Wildman–Crippen LogP) is 3.01. The smallest absolute Gasteiger partial charge is 0.254 e. The number of anilines is 4. The maximum Gasteiger partial charge on any atom is 0.254 e. The molecule has 0 bridgehead atoms. The third-order valence-corrected chi connectivity index (χ3v) is 7.91. The zero-order chi connectivity index (χ0) is 25.4. The molecule has 10 heteroatoms. The zero-order valence-corrected chi connectivity index (χ0v) is 21.5. The molecular formula is C26H30N6O3S. The molecular weight excluding hydrogens is 476 g/mol. The highest BCUT2D eigenvalue weighted by Crippen LogP contribution is 2.34. The first kappa shape index (κ1) is 24.2. The van der Waals surface area contributed by atoms with Gasteiger partial charge in [-0.25, -0.2) is 13.4 Å². The van der Waals surface area contributed by atoms with E-state index in [-0.39, 0.29) is 5.91 Å². The monoisotopic (exact) mass is 506 g/mol. The third kappa shape index (κ3) is 4.91. The van der Waals surface area contributed by atoms with E-state index in [4.69, 9.17) is 4.98 Å². The molecule has 188 valence electrons. The fourth-order valence-electron chi connectivity index (χ4n) is 4.62. The number of aromatic nitrogens is 2. The number of benzene rings is 2. The minimum absolute atomic E-state index is 0.0680. The Labute approximate surface area is 211 Å². The van der Waals surface area contributed by atoms with Gasteiger partial charge in [-0.15, -0.1) is 0 Å². The molecule has 0 radical (unpaired) electrons. The minimum atomic E-state index is -3.25. The first-order chi connectivity index (χ1) is 17.2. The predicted molar refractivity (Wildman–Crippen MR) is 140 cm³/mol. The highest BCUT2D eigenvalue weighted by Gasteiger charge is 2.24. The molecule has 1 N–H and O–H groups in total. The van der Waals surface area contributed by atoms with Gasteiger partial charge in [0.15, 0.2) is 9.84 Å². The molecule has 0 saturated carbocycles. The van der Waals surface area contributed by atoms with Crippen LogP contribution < -0.4 is 10.2 Å². The van der Waals surface area contributed by atoms with Crippen molar-refractivity contribution >= 4 is 38.9 Å². The van der Waals surface area contributed by atoms with Crippen LogP contribution in [0.4, 0.5) is 23.1 Å². The number of likely N-dealkylation sites (N-methyl/N-ethyl adjacent to an activating group) is 1. The standard InChI is InChI=1S/C26H30N6O3S/c1-18-16-20(4-9-23(18)25(33)31-14-12-30(2)13-15-31)28-26-27-17-19-10-11-32(24(19)29-26)21-5-7-22(8-6-21)36(3,34)35/h4-9,16-17H,10-15H2,1-3H3,(H,27,28,29). The van der Waals surface area contributed by atoms with Crippen molar-refractivity contribution < 1.29 is 13.2 Å². The summed E-state index contributed by atoms with van der Waals surface area (Å²) in [5, 5.41) is 3.27. The Morgan fingerprint density at radius 2 is 1.72 bits per heavy atom. The second-order valence-electron chi connectivity index (χ2n) is 9.46. The van der Waals surface area contributed by atoms with Gasteiger partial charge in [0.2, 0.25) is 5.95 Å². The summed E-state index contributed by atoms with van der Waals surface area (Å²) in [5.41, 5.74) is 4.34. The number of nitrogens with one attached hydrogen (secondary N) is 1. The lowest BCUT2D eigenvalue weighted by Crippen LogP contribution is -2.47. The summed E-state index contributed by atoms with van der Waals surface area (Å²) in [6, 6.07) is 12.5. The van der Waals surface area contributed by atoms with Crippen LogP contribution in [0.3, 0.4) is 0 Å². The van der Waals surface area contributed by atoms with Crippen LogP contribution >= 0.6 is 0 Å². The van der Waals surface area contributed by atoms with E-state index in [1.165, 1.54) is 6.26 Å². The normalized spacial score (nSPS) is 16.2. The molecule has 1 fully saturated rings. The largest absolute Gasteiger partial charge is 0.336 e. The number of sulfone groups is 1. The summed E-state index contributed by atoms with van der Waals surface area (Å²) in [4.78, 5) is 28.7. The van der Waals surface area contributed by atoms with E-state index in [1.54, 1.807) is 24.3 Å². The van der Waals surface area contributed by atoms with Gasteiger partial charge in [0.1, 0.15) is 5.82 Å². The van der Waals surface area contributed by atoms with Crippen molar-refractivity contribution in [3.8, 4) is 0 Å². The van der Waals surface area contributed by atoms with Crippen LogP contribution in [0.25, 0.3) is 0 Å². The van der Waals surface area contributed by atoms with Gasteiger partial charge in [-0.3, -0.25) is 4.79 Å². The van der Waals surface area contributed by atoms with Crippen LogP contribution in [0, 0.1) is 6.92 Å². The van der Waals surface area contributed by atoms with Gasteiger partial charge in [0.05, 0.1) is 4.90 Å². The van der Waals surface area contributed by atoms with Gasteiger partial charge in [-0.1, -0.05) is 0 Å². The molecule has 9 nitrogen and oxygen atoms in total. The lowest BCUT2D eigenvalue weighted by Gasteiger charge is -2.32. The highest BCUT2D eigenvalue weighted by atomic mass is 32.2. The molecule has 3 aromatic rings. The lowest BCUT2D eigenvalue weighted by atomic mass is 10.1. The molecule has 36 heavy (non-hydrogen) atoms. The summed E-state index contributed by atoms with van der Waals surface area (Å²) in [6.45, 7) is 5.95. The Bertz CT molecular complexity index is 1400. The van der Waals surface area contributed by atoms with Crippen molar-refractivity contribution in [3.63, 3.8) is 0 Å². The summed E-state index contributed by atoms with van der Waals surface area (Å²) >= 11 is 0. The van der Waals surface area contributed by atoms with Gasteiger partial charge in [-0.2, -0.15) is 4.98 Å². The average Bonchev–Trinajstić information content (AvgIpc) is 3.27. The van der Waals surface area contributed by atoms with Gasteiger partial charge < -0.3 is 20.0 Å². The van der Waals surface area contributed by atoms with Crippen molar-refractivity contribution in [3.05, 3.63) is 65.4 Å². The molecule has 1 amide bonds. The third-order valence-electron chi connectivity index (χ3n) is 6.78. The summed E-state index contributed by atoms with van der Waals surface area (Å²) in [5.74, 6) is 1.34. The average molecular weight is 507 g/mol. The first-order valence-corrected chi connectivity index (χ1v) is 13.9. The van der Waals surface area contributed by atoms with Crippen molar-refractivity contribution in [2.45, 2.75) is 18.2 Å². The molecule has 1 aromatic heterocycles. The van der Waals surface area contributed by atoms with Crippen molar-refractivity contribution in [1.82, 2.24) is 19.8 Å². The lowest BCUT2D eigenvalue weighted by molar-refractivity contribution is 0.0663. The molecule has 0 aliphatic carbocycles. The van der Waals surface area contributed by atoms with Crippen molar-refractivity contribution in [2.24, 2.45) is 0 Å². The van der Waals surface area contributed by atoms with E-state index in [0.29, 0.717) is 16.4 Å². The van der Waals surface area contributed by atoms with Crippen LogP contribution in [-0.4, -0.2) is 80.1 Å². The van der Waals surface area contributed by atoms with Gasteiger partial charge in [0, 0.05) is 67.7 Å². The number of hydrogen-bond acceptors (Lipinski definition) is 8. The Hall–Kier alpha value is -3.50. The Balaban J connectivity index is 1.33. The molecule has 2 aliphatic rings. The summed E-state index contributed by atoms with van der Waals surface area (Å²) < 4.78 is 23.6. The van der Waals surface area contributed by atoms with E-state index in [9.17, 15) is 13.2 Å². The van der Waals surface area contributed by atoms with Gasteiger partial charge in [-0.05, 0) is 68.4 Å². The SMILES string of the molecule is Cc1cc(Nc2ncc3c(n2)N(c2ccc(S(C)(=O)=O)cc2)CC3)ccc1C(=O)N1CCN(C)CC1. The molecule has 5 rings (SSSR count). The van der Waals surface area contributed by atoms with Crippen LogP contribution in [0.2, 0.25) is 0 Å². The second kappa shape index (κ2) is 9.51. The number of hydrogen-bond donors (Lipinski definition) is 1.